The zero-order valence-electron chi connectivity index (χ0n) is 11.5. The van der Waals surface area contributed by atoms with E-state index in [1.807, 2.05) is 48.5 Å². The monoisotopic (exact) mass is 408 g/mol. The van der Waals surface area contributed by atoms with Crippen molar-refractivity contribution < 1.29 is 5.11 Å². The fraction of sp³-hybridized carbons (Fsp3) is 0.111. The molecule has 0 aliphatic heterocycles. The summed E-state index contributed by atoms with van der Waals surface area (Å²) in [6, 6.07) is 17.7. The highest BCUT2D eigenvalue weighted by Crippen LogP contribution is 2.34. The van der Waals surface area contributed by atoms with Crippen molar-refractivity contribution in [2.24, 2.45) is 0 Å². The second kappa shape index (κ2) is 5.95. The molecule has 1 nitrogen and oxygen atoms in total. The zero-order chi connectivity index (χ0) is 15.0. The van der Waals surface area contributed by atoms with Gasteiger partial charge in [-0.1, -0.05) is 60.1 Å². The molecule has 1 N–H and O–H groups in total. The Morgan fingerprint density at radius 3 is 2.38 bits per heavy atom. The van der Waals surface area contributed by atoms with Gasteiger partial charge in [-0.3, -0.25) is 0 Å². The Balaban J connectivity index is 2.21. The van der Waals surface area contributed by atoms with Crippen molar-refractivity contribution in [3.63, 3.8) is 0 Å². The molecule has 0 bridgehead atoms. The quantitative estimate of drug-likeness (QED) is 0.556. The number of halogens is 2. The maximum Gasteiger partial charge on any atom is 0.106 e. The van der Waals surface area contributed by atoms with E-state index in [-0.39, 0.29) is 0 Å². The second-order valence-electron chi connectivity index (χ2n) is 5.06. The Labute approximate surface area is 142 Å². The number of fused-ring (bicyclic) bond motifs is 1. The summed E-state index contributed by atoms with van der Waals surface area (Å²) in [5.74, 6) is 0. The lowest BCUT2D eigenvalue weighted by molar-refractivity contribution is 0.221. The van der Waals surface area contributed by atoms with E-state index < -0.39 is 6.10 Å². The Morgan fingerprint density at radius 2 is 1.62 bits per heavy atom. The summed E-state index contributed by atoms with van der Waals surface area (Å²) in [7, 11) is 0. The average Bonchev–Trinajstić information content (AvgIpc) is 2.50. The molecule has 3 heteroatoms. The van der Waals surface area contributed by atoms with Crippen molar-refractivity contribution in [3.8, 4) is 0 Å². The van der Waals surface area contributed by atoms with Gasteiger partial charge in [0.25, 0.3) is 0 Å². The predicted octanol–water partition coefficient (Wildman–Crippen LogP) is 5.49. The number of aliphatic hydroxyl groups excluding tert-OH is 1. The van der Waals surface area contributed by atoms with Crippen molar-refractivity contribution in [1.29, 1.82) is 0 Å². The fourth-order valence-corrected chi connectivity index (χ4v) is 3.46. The highest BCUT2D eigenvalue weighted by Gasteiger charge is 2.17. The third kappa shape index (κ3) is 2.68. The zero-order valence-corrected chi connectivity index (χ0v) is 14.4. The molecule has 0 saturated carbocycles. The first-order valence-electron chi connectivity index (χ1n) is 6.70. The third-order valence-corrected chi connectivity index (χ3v) is 5.52. The van der Waals surface area contributed by atoms with Crippen LogP contribution in [0.3, 0.4) is 0 Å². The van der Waals surface area contributed by atoms with Crippen LogP contribution in [0.15, 0.2) is 54.6 Å². The highest BCUT2D eigenvalue weighted by molar-refractivity contribution is 14.1. The first-order chi connectivity index (χ1) is 10.1. The molecular weight excluding hydrogens is 395 g/mol. The number of aliphatic hydroxyl groups is 1. The maximum absolute atomic E-state index is 10.8. The molecule has 0 radical (unpaired) electrons. The lowest BCUT2D eigenvalue weighted by Crippen LogP contribution is -2.04. The molecule has 1 unspecified atom stereocenters. The van der Waals surface area contributed by atoms with Crippen LogP contribution < -0.4 is 0 Å². The lowest BCUT2D eigenvalue weighted by Gasteiger charge is -2.17. The van der Waals surface area contributed by atoms with Gasteiger partial charge in [0.1, 0.15) is 6.10 Å². The van der Waals surface area contributed by atoms with Crippen molar-refractivity contribution >= 4 is 45.0 Å². The molecule has 0 fully saturated rings. The number of rotatable bonds is 2. The van der Waals surface area contributed by atoms with E-state index in [2.05, 4.69) is 35.6 Å². The van der Waals surface area contributed by atoms with Gasteiger partial charge < -0.3 is 5.11 Å². The van der Waals surface area contributed by atoms with Crippen molar-refractivity contribution in [2.75, 3.05) is 0 Å². The van der Waals surface area contributed by atoms with E-state index >= 15 is 0 Å². The van der Waals surface area contributed by atoms with Crippen LogP contribution in [0.25, 0.3) is 10.8 Å². The molecule has 0 aromatic heterocycles. The molecule has 3 aromatic carbocycles. The van der Waals surface area contributed by atoms with Gasteiger partial charge in [0.05, 0.1) is 0 Å². The van der Waals surface area contributed by atoms with Gasteiger partial charge in [0, 0.05) is 14.0 Å². The predicted molar refractivity (Wildman–Crippen MR) is 96.9 cm³/mol. The molecule has 0 saturated heterocycles. The number of benzene rings is 3. The average molecular weight is 409 g/mol. The Kier molecular flexibility index (Phi) is 4.20. The number of aryl methyl sites for hydroxylation is 1. The van der Waals surface area contributed by atoms with Crippen molar-refractivity contribution in [2.45, 2.75) is 13.0 Å². The van der Waals surface area contributed by atoms with E-state index in [1.54, 1.807) is 0 Å². The first kappa shape index (κ1) is 14.8. The van der Waals surface area contributed by atoms with E-state index in [0.29, 0.717) is 5.02 Å². The van der Waals surface area contributed by atoms with E-state index in [1.165, 1.54) is 5.56 Å². The van der Waals surface area contributed by atoms with E-state index in [0.717, 1.165) is 25.5 Å². The van der Waals surface area contributed by atoms with Gasteiger partial charge in [-0.2, -0.15) is 0 Å². The molecule has 21 heavy (non-hydrogen) atoms. The van der Waals surface area contributed by atoms with E-state index in [4.69, 9.17) is 11.6 Å². The molecule has 0 spiro atoms. The lowest BCUT2D eigenvalue weighted by atomic mass is 9.95. The largest absolute Gasteiger partial charge is 0.384 e. The van der Waals surface area contributed by atoms with Gasteiger partial charge >= 0.3 is 0 Å². The second-order valence-corrected chi connectivity index (χ2v) is 6.55. The highest BCUT2D eigenvalue weighted by atomic mass is 127. The Hall–Kier alpha value is -1.10. The standard InChI is InChI=1S/C18H14ClIO/c1-11-5-4-8-15(17(11)20)18(21)14-9-10-16(19)13-7-3-2-6-12(13)14/h2-10,18,21H,1H3. The summed E-state index contributed by atoms with van der Waals surface area (Å²) in [6.45, 7) is 2.05. The van der Waals surface area contributed by atoms with Crippen LogP contribution in [0.5, 0.6) is 0 Å². The van der Waals surface area contributed by atoms with Crippen LogP contribution in [-0.4, -0.2) is 5.11 Å². The van der Waals surface area contributed by atoms with Gasteiger partial charge in [-0.15, -0.1) is 0 Å². The minimum Gasteiger partial charge on any atom is -0.384 e. The number of hydrogen-bond donors (Lipinski definition) is 1. The van der Waals surface area contributed by atoms with Crippen LogP contribution in [0.1, 0.15) is 22.8 Å². The summed E-state index contributed by atoms with van der Waals surface area (Å²) < 4.78 is 1.10. The smallest absolute Gasteiger partial charge is 0.106 e. The normalized spacial score (nSPS) is 12.6. The Morgan fingerprint density at radius 1 is 0.905 bits per heavy atom. The third-order valence-electron chi connectivity index (χ3n) is 3.72. The molecule has 106 valence electrons. The summed E-state index contributed by atoms with van der Waals surface area (Å²) >= 11 is 8.54. The Bertz CT molecular complexity index is 813. The summed E-state index contributed by atoms with van der Waals surface area (Å²) in [6.07, 6.45) is -0.654. The fourth-order valence-electron chi connectivity index (χ4n) is 2.57. The minimum atomic E-state index is -0.654. The van der Waals surface area contributed by atoms with Crippen LogP contribution in [0.2, 0.25) is 5.02 Å². The summed E-state index contributed by atoms with van der Waals surface area (Å²) in [5, 5.41) is 13.5. The van der Waals surface area contributed by atoms with Crippen molar-refractivity contribution in [1.82, 2.24) is 0 Å². The van der Waals surface area contributed by atoms with E-state index in [9.17, 15) is 5.11 Å². The molecule has 0 heterocycles. The van der Waals surface area contributed by atoms with Gasteiger partial charge in [0.15, 0.2) is 0 Å². The van der Waals surface area contributed by atoms with Crippen LogP contribution >= 0.6 is 34.2 Å². The molecule has 1 atom stereocenters. The maximum atomic E-state index is 10.8. The van der Waals surface area contributed by atoms with Gasteiger partial charge in [0.2, 0.25) is 0 Å². The molecular formula is C18H14ClIO. The van der Waals surface area contributed by atoms with Crippen molar-refractivity contribution in [3.05, 3.63) is 79.9 Å². The molecule has 0 aliphatic carbocycles. The first-order valence-corrected chi connectivity index (χ1v) is 8.15. The SMILES string of the molecule is Cc1cccc(C(O)c2ccc(Cl)c3ccccc23)c1I. The number of hydrogen-bond acceptors (Lipinski definition) is 1. The molecule has 0 aliphatic rings. The molecule has 3 rings (SSSR count). The minimum absolute atomic E-state index is 0.654. The summed E-state index contributed by atoms with van der Waals surface area (Å²) in [4.78, 5) is 0. The van der Waals surface area contributed by atoms with Crippen LogP contribution in [0.4, 0.5) is 0 Å². The van der Waals surface area contributed by atoms with Crippen LogP contribution in [-0.2, 0) is 0 Å². The van der Waals surface area contributed by atoms with Crippen LogP contribution in [0, 0.1) is 10.5 Å². The van der Waals surface area contributed by atoms with Gasteiger partial charge in [-0.25, -0.2) is 0 Å². The molecule has 0 amide bonds. The topological polar surface area (TPSA) is 20.2 Å². The summed E-state index contributed by atoms with van der Waals surface area (Å²) in [5.41, 5.74) is 2.99. The molecule has 3 aromatic rings. The van der Waals surface area contributed by atoms with Gasteiger partial charge in [-0.05, 0) is 57.7 Å².